The fourth-order valence-corrected chi connectivity index (χ4v) is 3.07. The SMILES string of the molecule is Cc1cc(NCc2nc3cccc(C)c3n2C)n2nc(C(F)(F)F)nc2n1. The number of anilines is 1. The van der Waals surface area contributed by atoms with Gasteiger partial charge in [-0.15, -0.1) is 5.10 Å². The number of hydrogen-bond donors (Lipinski definition) is 1. The van der Waals surface area contributed by atoms with Gasteiger partial charge in [0.25, 0.3) is 11.6 Å². The van der Waals surface area contributed by atoms with Crippen LogP contribution < -0.4 is 5.32 Å². The number of nitrogens with zero attached hydrogens (tertiary/aromatic N) is 6. The number of hydrogen-bond acceptors (Lipinski definition) is 5. The first-order valence-corrected chi connectivity index (χ1v) is 8.20. The van der Waals surface area contributed by atoms with E-state index in [9.17, 15) is 13.2 Å². The molecule has 1 N–H and O–H groups in total. The van der Waals surface area contributed by atoms with E-state index in [2.05, 4.69) is 25.4 Å². The van der Waals surface area contributed by atoms with Crippen molar-refractivity contribution in [1.82, 2.24) is 29.1 Å². The Morgan fingerprint density at radius 1 is 1.11 bits per heavy atom. The second-order valence-electron chi connectivity index (χ2n) is 6.31. The minimum absolute atomic E-state index is 0.106. The molecule has 4 aromatic rings. The van der Waals surface area contributed by atoms with E-state index in [0.29, 0.717) is 18.1 Å². The summed E-state index contributed by atoms with van der Waals surface area (Å²) in [4.78, 5) is 12.1. The van der Waals surface area contributed by atoms with Crippen molar-refractivity contribution in [3.8, 4) is 0 Å². The topological polar surface area (TPSA) is 72.9 Å². The summed E-state index contributed by atoms with van der Waals surface area (Å²) in [6.45, 7) is 4.00. The van der Waals surface area contributed by atoms with Crippen molar-refractivity contribution in [2.24, 2.45) is 7.05 Å². The van der Waals surface area contributed by atoms with E-state index < -0.39 is 12.0 Å². The predicted octanol–water partition coefficient (Wildman–Crippen LogP) is 3.26. The Kier molecular flexibility index (Phi) is 3.79. The molecule has 0 bridgehead atoms. The van der Waals surface area contributed by atoms with Crippen molar-refractivity contribution >= 4 is 22.6 Å². The van der Waals surface area contributed by atoms with Gasteiger partial charge in [0.05, 0.1) is 17.6 Å². The maximum absolute atomic E-state index is 12.9. The minimum Gasteiger partial charge on any atom is -0.363 e. The number of nitrogens with one attached hydrogen (secondary N) is 1. The van der Waals surface area contributed by atoms with E-state index in [1.165, 1.54) is 0 Å². The number of imidazole rings is 1. The number of aryl methyl sites for hydroxylation is 3. The molecule has 0 unspecified atom stereocenters. The molecule has 3 heterocycles. The van der Waals surface area contributed by atoms with Crippen molar-refractivity contribution in [3.63, 3.8) is 0 Å². The highest BCUT2D eigenvalue weighted by atomic mass is 19.4. The second-order valence-corrected chi connectivity index (χ2v) is 6.31. The Labute approximate surface area is 151 Å². The molecule has 0 aliphatic carbocycles. The predicted molar refractivity (Wildman–Crippen MR) is 93.3 cm³/mol. The van der Waals surface area contributed by atoms with E-state index in [4.69, 9.17) is 0 Å². The lowest BCUT2D eigenvalue weighted by atomic mass is 10.2. The van der Waals surface area contributed by atoms with Crippen LogP contribution in [0.3, 0.4) is 0 Å². The Morgan fingerprint density at radius 3 is 2.59 bits per heavy atom. The summed E-state index contributed by atoms with van der Waals surface area (Å²) in [5.41, 5.74) is 3.52. The van der Waals surface area contributed by atoms with Crippen molar-refractivity contribution in [2.45, 2.75) is 26.6 Å². The number of benzene rings is 1. The molecule has 3 aromatic heterocycles. The quantitative estimate of drug-likeness (QED) is 0.595. The zero-order valence-electron chi connectivity index (χ0n) is 14.8. The van der Waals surface area contributed by atoms with Gasteiger partial charge in [-0.05, 0) is 25.5 Å². The summed E-state index contributed by atoms with van der Waals surface area (Å²) in [7, 11) is 1.91. The van der Waals surface area contributed by atoms with Crippen LogP contribution in [0.4, 0.5) is 19.0 Å². The summed E-state index contributed by atoms with van der Waals surface area (Å²) in [6, 6.07) is 7.49. The fourth-order valence-electron chi connectivity index (χ4n) is 3.07. The molecule has 1 aromatic carbocycles. The molecule has 0 atom stereocenters. The lowest BCUT2D eigenvalue weighted by Crippen LogP contribution is -2.11. The zero-order chi connectivity index (χ0) is 19.3. The molecule has 0 saturated carbocycles. The number of halogens is 3. The molecule has 0 spiro atoms. The first-order valence-electron chi connectivity index (χ1n) is 8.20. The highest BCUT2D eigenvalue weighted by Crippen LogP contribution is 2.27. The average molecular weight is 375 g/mol. The third kappa shape index (κ3) is 2.96. The van der Waals surface area contributed by atoms with Crippen molar-refractivity contribution in [3.05, 3.63) is 47.2 Å². The van der Waals surface area contributed by atoms with Crippen LogP contribution >= 0.6 is 0 Å². The molecule has 0 radical (unpaired) electrons. The molecule has 0 aliphatic rings. The summed E-state index contributed by atoms with van der Waals surface area (Å²) in [6.07, 6.45) is -4.63. The van der Waals surface area contributed by atoms with Gasteiger partial charge in [0.15, 0.2) is 0 Å². The van der Waals surface area contributed by atoms with E-state index in [1.807, 2.05) is 36.7 Å². The van der Waals surface area contributed by atoms with Gasteiger partial charge in [-0.1, -0.05) is 12.1 Å². The second kappa shape index (κ2) is 5.93. The molecule has 0 amide bonds. The maximum Gasteiger partial charge on any atom is 0.453 e. The van der Waals surface area contributed by atoms with E-state index in [-0.39, 0.29) is 5.78 Å². The molecular formula is C17H16F3N7. The summed E-state index contributed by atoms with van der Waals surface area (Å²) in [5.74, 6) is -0.213. The fraction of sp³-hybridized carbons (Fsp3) is 0.294. The molecule has 7 nitrogen and oxygen atoms in total. The highest BCUT2D eigenvalue weighted by Gasteiger charge is 2.36. The Balaban J connectivity index is 1.71. The molecular weight excluding hydrogens is 359 g/mol. The smallest absolute Gasteiger partial charge is 0.363 e. The van der Waals surface area contributed by atoms with Crippen LogP contribution in [0, 0.1) is 13.8 Å². The number of para-hydroxylation sites is 1. The summed E-state index contributed by atoms with van der Waals surface area (Å²) in [5, 5.41) is 6.65. The molecule has 0 saturated heterocycles. The van der Waals surface area contributed by atoms with E-state index in [1.54, 1.807) is 13.0 Å². The van der Waals surface area contributed by atoms with Crippen LogP contribution in [0.5, 0.6) is 0 Å². The maximum atomic E-state index is 12.9. The van der Waals surface area contributed by atoms with Crippen LogP contribution in [-0.4, -0.2) is 29.1 Å². The number of aromatic nitrogens is 6. The Bertz CT molecular complexity index is 1160. The zero-order valence-corrected chi connectivity index (χ0v) is 14.8. The number of alkyl halides is 3. The molecule has 0 fully saturated rings. The van der Waals surface area contributed by atoms with E-state index >= 15 is 0 Å². The molecule has 4 rings (SSSR count). The third-order valence-corrected chi connectivity index (χ3v) is 4.31. The molecule has 140 valence electrons. The first kappa shape index (κ1) is 17.3. The molecule has 0 aliphatic heterocycles. The van der Waals surface area contributed by atoms with Gasteiger partial charge in [-0.2, -0.15) is 22.7 Å². The lowest BCUT2D eigenvalue weighted by molar-refractivity contribution is -0.144. The van der Waals surface area contributed by atoms with Crippen LogP contribution in [0.15, 0.2) is 24.3 Å². The van der Waals surface area contributed by atoms with Gasteiger partial charge in [0.2, 0.25) is 0 Å². The van der Waals surface area contributed by atoms with Gasteiger partial charge in [-0.25, -0.2) is 9.97 Å². The Hall–Kier alpha value is -3.17. The standard InChI is InChI=1S/C17H16F3N7/c1-9-5-4-6-11-14(9)26(3)13(23-11)8-21-12-7-10(2)22-16-24-15(17(18,19)20)25-27(12)16/h4-7,21H,8H2,1-3H3. The van der Waals surface area contributed by atoms with Crippen molar-refractivity contribution in [2.75, 3.05) is 5.32 Å². The summed E-state index contributed by atoms with van der Waals surface area (Å²) < 4.78 is 41.8. The van der Waals surface area contributed by atoms with Crippen molar-refractivity contribution in [1.29, 1.82) is 0 Å². The largest absolute Gasteiger partial charge is 0.453 e. The van der Waals surface area contributed by atoms with Gasteiger partial charge < -0.3 is 9.88 Å². The monoisotopic (exact) mass is 375 g/mol. The summed E-state index contributed by atoms with van der Waals surface area (Å²) >= 11 is 0. The van der Waals surface area contributed by atoms with Crippen LogP contribution in [0.2, 0.25) is 0 Å². The average Bonchev–Trinajstić information content (AvgIpc) is 3.15. The van der Waals surface area contributed by atoms with Gasteiger partial charge >= 0.3 is 6.18 Å². The van der Waals surface area contributed by atoms with Crippen LogP contribution in [-0.2, 0) is 19.8 Å². The number of fused-ring (bicyclic) bond motifs is 2. The third-order valence-electron chi connectivity index (χ3n) is 4.31. The van der Waals surface area contributed by atoms with Crippen molar-refractivity contribution < 1.29 is 13.2 Å². The van der Waals surface area contributed by atoms with Gasteiger partial charge in [0, 0.05) is 18.8 Å². The minimum atomic E-state index is -4.63. The Morgan fingerprint density at radius 2 is 1.89 bits per heavy atom. The van der Waals surface area contributed by atoms with Crippen LogP contribution in [0.1, 0.15) is 22.9 Å². The van der Waals surface area contributed by atoms with Gasteiger partial charge in [-0.3, -0.25) is 0 Å². The first-order chi connectivity index (χ1) is 12.7. The van der Waals surface area contributed by atoms with Crippen LogP contribution in [0.25, 0.3) is 16.8 Å². The lowest BCUT2D eigenvalue weighted by Gasteiger charge is -2.09. The van der Waals surface area contributed by atoms with E-state index in [0.717, 1.165) is 26.9 Å². The van der Waals surface area contributed by atoms with Gasteiger partial charge in [0.1, 0.15) is 11.6 Å². The number of rotatable bonds is 3. The highest BCUT2D eigenvalue weighted by molar-refractivity contribution is 5.79. The normalized spacial score (nSPS) is 12.2. The molecule has 10 heteroatoms. The molecule has 27 heavy (non-hydrogen) atoms.